The minimum Gasteiger partial charge on any atom is -0.380 e. The van der Waals surface area contributed by atoms with Crippen molar-refractivity contribution < 1.29 is 14.3 Å². The van der Waals surface area contributed by atoms with Crippen molar-refractivity contribution in [3.05, 3.63) is 29.3 Å². The first-order valence-electron chi connectivity index (χ1n) is 7.26. The fourth-order valence-electron chi connectivity index (χ4n) is 2.39. The molecule has 0 bridgehead atoms. The van der Waals surface area contributed by atoms with Gasteiger partial charge in [0, 0.05) is 24.9 Å². The van der Waals surface area contributed by atoms with Gasteiger partial charge in [-0.1, -0.05) is 12.1 Å². The zero-order chi connectivity index (χ0) is 15.4. The Kier molecular flexibility index (Phi) is 4.96. The van der Waals surface area contributed by atoms with Crippen LogP contribution in [0.25, 0.3) is 0 Å². The average Bonchev–Trinajstić information content (AvgIpc) is 2.67. The van der Waals surface area contributed by atoms with Crippen molar-refractivity contribution in [1.29, 1.82) is 0 Å². The molecule has 0 saturated carbocycles. The van der Waals surface area contributed by atoms with E-state index >= 15 is 0 Å². The molecule has 1 heterocycles. The minimum atomic E-state index is -0.586. The second-order valence-corrected chi connectivity index (χ2v) is 5.45. The number of hydrogen-bond acceptors (Lipinski definition) is 3. The molecule has 0 spiro atoms. The van der Waals surface area contributed by atoms with Crippen LogP contribution in [-0.4, -0.2) is 42.5 Å². The van der Waals surface area contributed by atoms with E-state index < -0.39 is 11.8 Å². The lowest BCUT2D eigenvalue weighted by atomic mass is 10.1. The lowest BCUT2D eigenvalue weighted by molar-refractivity contribution is -0.144. The van der Waals surface area contributed by atoms with Crippen molar-refractivity contribution in [3.8, 4) is 0 Å². The molecule has 0 unspecified atom stereocenters. The summed E-state index contributed by atoms with van der Waals surface area (Å²) in [7, 11) is 0. The minimum absolute atomic E-state index is 0.0179. The molecule has 114 valence electrons. The summed E-state index contributed by atoms with van der Waals surface area (Å²) in [6.45, 7) is 7.41. The predicted molar refractivity (Wildman–Crippen MR) is 81.2 cm³/mol. The molecule has 1 aliphatic rings. The number of nitrogens with zero attached hydrogens (tertiary/aromatic N) is 1. The SMILES string of the molecule is Cc1cccc(NC(=O)C(=O)N2CCOCC[C@@H]2C)c1C. The molecule has 5 nitrogen and oxygen atoms in total. The van der Waals surface area contributed by atoms with Gasteiger partial charge in [0.2, 0.25) is 0 Å². The Labute approximate surface area is 125 Å². The molecule has 5 heteroatoms. The molecule has 0 aliphatic carbocycles. The first-order chi connectivity index (χ1) is 10.0. The summed E-state index contributed by atoms with van der Waals surface area (Å²) >= 11 is 0. The van der Waals surface area contributed by atoms with Crippen LogP contribution in [0, 0.1) is 13.8 Å². The highest BCUT2D eigenvalue weighted by Crippen LogP contribution is 2.18. The van der Waals surface area contributed by atoms with Gasteiger partial charge >= 0.3 is 11.8 Å². The third-order valence-electron chi connectivity index (χ3n) is 4.00. The number of amides is 2. The van der Waals surface area contributed by atoms with Crippen LogP contribution >= 0.6 is 0 Å². The average molecular weight is 290 g/mol. The van der Waals surface area contributed by atoms with Crippen LogP contribution in [0.1, 0.15) is 24.5 Å². The van der Waals surface area contributed by atoms with E-state index in [1.807, 2.05) is 39.0 Å². The lowest BCUT2D eigenvalue weighted by Crippen LogP contribution is -2.45. The van der Waals surface area contributed by atoms with Gasteiger partial charge in [-0.15, -0.1) is 0 Å². The number of benzene rings is 1. The van der Waals surface area contributed by atoms with Gasteiger partial charge < -0.3 is 15.0 Å². The quantitative estimate of drug-likeness (QED) is 0.803. The molecular weight excluding hydrogens is 268 g/mol. The van der Waals surface area contributed by atoms with Gasteiger partial charge in [-0.2, -0.15) is 0 Å². The Bertz CT molecular complexity index is 542. The molecule has 1 aromatic rings. The van der Waals surface area contributed by atoms with E-state index in [1.165, 1.54) is 0 Å². The van der Waals surface area contributed by atoms with Crippen LogP contribution in [-0.2, 0) is 14.3 Å². The fraction of sp³-hybridized carbons (Fsp3) is 0.500. The maximum absolute atomic E-state index is 12.3. The van der Waals surface area contributed by atoms with E-state index in [9.17, 15) is 9.59 Å². The summed E-state index contributed by atoms with van der Waals surface area (Å²) in [5.41, 5.74) is 2.75. The second kappa shape index (κ2) is 6.72. The van der Waals surface area contributed by atoms with Gasteiger partial charge in [0.25, 0.3) is 0 Å². The van der Waals surface area contributed by atoms with Gasteiger partial charge in [0.15, 0.2) is 0 Å². The molecular formula is C16H22N2O3. The maximum atomic E-state index is 12.3. The Morgan fingerprint density at radius 3 is 2.81 bits per heavy atom. The zero-order valence-electron chi connectivity index (χ0n) is 12.8. The number of aryl methyl sites for hydroxylation is 1. The molecule has 2 amide bonds. The largest absolute Gasteiger partial charge is 0.380 e. The van der Waals surface area contributed by atoms with E-state index in [2.05, 4.69) is 5.32 Å². The first kappa shape index (κ1) is 15.5. The van der Waals surface area contributed by atoms with Gasteiger partial charge in [0.1, 0.15) is 0 Å². The van der Waals surface area contributed by atoms with E-state index in [0.29, 0.717) is 25.4 Å². The van der Waals surface area contributed by atoms with Crippen molar-refractivity contribution in [3.63, 3.8) is 0 Å². The van der Waals surface area contributed by atoms with Crippen LogP contribution in [0.4, 0.5) is 5.69 Å². The molecule has 1 saturated heterocycles. The van der Waals surface area contributed by atoms with Gasteiger partial charge in [-0.25, -0.2) is 0 Å². The highest BCUT2D eigenvalue weighted by Gasteiger charge is 2.27. The number of rotatable bonds is 1. The Morgan fingerprint density at radius 2 is 2.05 bits per heavy atom. The highest BCUT2D eigenvalue weighted by atomic mass is 16.5. The van der Waals surface area contributed by atoms with E-state index in [1.54, 1.807) is 4.90 Å². The number of ether oxygens (including phenoxy) is 1. The Hall–Kier alpha value is -1.88. The smallest absolute Gasteiger partial charge is 0.313 e. The number of anilines is 1. The zero-order valence-corrected chi connectivity index (χ0v) is 12.8. The summed E-state index contributed by atoms with van der Waals surface area (Å²) in [4.78, 5) is 26.1. The lowest BCUT2D eigenvalue weighted by Gasteiger charge is -2.25. The standard InChI is InChI=1S/C16H22N2O3/c1-11-5-4-6-14(13(11)3)17-15(19)16(20)18-8-10-21-9-7-12(18)2/h4-6,12H,7-10H2,1-3H3,(H,17,19)/t12-/m0/s1. The monoisotopic (exact) mass is 290 g/mol. The van der Waals surface area contributed by atoms with Crippen molar-refractivity contribution in [2.45, 2.75) is 33.2 Å². The Morgan fingerprint density at radius 1 is 1.29 bits per heavy atom. The number of carbonyl (C=O) groups excluding carboxylic acids is 2. The normalized spacial score (nSPS) is 19.0. The summed E-state index contributed by atoms with van der Waals surface area (Å²) in [5, 5.41) is 2.72. The van der Waals surface area contributed by atoms with Crippen molar-refractivity contribution in [2.24, 2.45) is 0 Å². The molecule has 0 aromatic heterocycles. The van der Waals surface area contributed by atoms with Crippen LogP contribution in [0.2, 0.25) is 0 Å². The van der Waals surface area contributed by atoms with E-state index in [0.717, 1.165) is 17.5 Å². The third kappa shape index (κ3) is 3.61. The third-order valence-corrected chi connectivity index (χ3v) is 4.00. The predicted octanol–water partition coefficient (Wildman–Crippen LogP) is 1.88. The molecule has 1 fully saturated rings. The van der Waals surface area contributed by atoms with Crippen LogP contribution in [0.5, 0.6) is 0 Å². The topological polar surface area (TPSA) is 58.6 Å². The summed E-state index contributed by atoms with van der Waals surface area (Å²) in [6.07, 6.45) is 0.752. The molecule has 0 radical (unpaired) electrons. The number of hydrogen-bond donors (Lipinski definition) is 1. The number of carbonyl (C=O) groups is 2. The molecule has 1 aromatic carbocycles. The molecule has 1 atom stereocenters. The van der Waals surface area contributed by atoms with Crippen LogP contribution in [0.3, 0.4) is 0 Å². The fourth-order valence-corrected chi connectivity index (χ4v) is 2.39. The molecule has 1 aliphatic heterocycles. The highest BCUT2D eigenvalue weighted by molar-refractivity contribution is 6.39. The summed E-state index contributed by atoms with van der Waals surface area (Å²) in [6, 6.07) is 5.67. The van der Waals surface area contributed by atoms with Crippen molar-refractivity contribution in [2.75, 3.05) is 25.1 Å². The maximum Gasteiger partial charge on any atom is 0.313 e. The second-order valence-electron chi connectivity index (χ2n) is 5.45. The van der Waals surface area contributed by atoms with Gasteiger partial charge in [0.05, 0.1) is 6.61 Å². The molecule has 2 rings (SSSR count). The van der Waals surface area contributed by atoms with Gasteiger partial charge in [-0.05, 0) is 44.4 Å². The van der Waals surface area contributed by atoms with Crippen molar-refractivity contribution in [1.82, 2.24) is 4.90 Å². The van der Waals surface area contributed by atoms with E-state index in [4.69, 9.17) is 4.74 Å². The Balaban J connectivity index is 2.08. The molecule has 21 heavy (non-hydrogen) atoms. The van der Waals surface area contributed by atoms with Crippen LogP contribution < -0.4 is 5.32 Å². The number of nitrogens with one attached hydrogen (secondary N) is 1. The summed E-state index contributed by atoms with van der Waals surface area (Å²) in [5.74, 6) is -1.08. The summed E-state index contributed by atoms with van der Waals surface area (Å²) < 4.78 is 5.35. The van der Waals surface area contributed by atoms with Crippen molar-refractivity contribution >= 4 is 17.5 Å². The first-order valence-corrected chi connectivity index (χ1v) is 7.26. The van der Waals surface area contributed by atoms with Gasteiger partial charge in [-0.3, -0.25) is 9.59 Å². The van der Waals surface area contributed by atoms with E-state index in [-0.39, 0.29) is 6.04 Å². The molecule has 1 N–H and O–H groups in total. The van der Waals surface area contributed by atoms with Crippen LogP contribution in [0.15, 0.2) is 18.2 Å².